The maximum atomic E-state index is 10.9. The number of rotatable bonds is 2. The van der Waals surface area contributed by atoms with Crippen LogP contribution in [0, 0.1) is 0 Å². The Balaban J connectivity index is 2.21. The van der Waals surface area contributed by atoms with Crippen molar-refractivity contribution >= 4 is 28.1 Å². The van der Waals surface area contributed by atoms with Gasteiger partial charge in [0.15, 0.2) is 0 Å². The maximum Gasteiger partial charge on any atom is 0.345 e. The molecular formula is C15H10O2S. The summed E-state index contributed by atoms with van der Waals surface area (Å²) in [6, 6.07) is 17.7. The summed E-state index contributed by atoms with van der Waals surface area (Å²) >= 11 is 1.31. The molecule has 3 aromatic rings. The summed E-state index contributed by atoms with van der Waals surface area (Å²) in [5.41, 5.74) is 1.09. The molecule has 0 aliphatic rings. The number of fused-ring (bicyclic) bond motifs is 1. The summed E-state index contributed by atoms with van der Waals surface area (Å²) in [5, 5.41) is 11.3. The lowest BCUT2D eigenvalue weighted by Gasteiger charge is -2.03. The van der Waals surface area contributed by atoms with Crippen LogP contribution < -0.4 is 0 Å². The second-order valence-electron chi connectivity index (χ2n) is 4.00. The molecule has 0 saturated heterocycles. The molecule has 88 valence electrons. The highest BCUT2D eigenvalue weighted by Gasteiger charge is 2.10. The number of aromatic carboxylic acids is 1. The lowest BCUT2D eigenvalue weighted by molar-refractivity contribution is 0.0702. The van der Waals surface area contributed by atoms with E-state index in [-0.39, 0.29) is 0 Å². The van der Waals surface area contributed by atoms with Gasteiger partial charge in [-0.25, -0.2) is 4.79 Å². The van der Waals surface area contributed by atoms with E-state index in [9.17, 15) is 4.79 Å². The van der Waals surface area contributed by atoms with E-state index in [4.69, 9.17) is 5.11 Å². The number of carboxylic acids is 1. The van der Waals surface area contributed by atoms with Gasteiger partial charge in [-0.2, -0.15) is 0 Å². The molecule has 0 spiro atoms. The predicted molar refractivity (Wildman–Crippen MR) is 74.2 cm³/mol. The van der Waals surface area contributed by atoms with Crippen LogP contribution in [0.1, 0.15) is 9.67 Å². The first-order chi connectivity index (χ1) is 8.75. The van der Waals surface area contributed by atoms with E-state index in [0.29, 0.717) is 4.88 Å². The van der Waals surface area contributed by atoms with Crippen LogP contribution in [0.4, 0.5) is 0 Å². The molecule has 0 aliphatic carbocycles. The standard InChI is InChI=1S/C15H10O2S/c16-15(17)14-9-8-13(18-14)12-7-3-5-10-4-1-2-6-11(10)12/h1-9H,(H,16,17). The van der Waals surface area contributed by atoms with Crippen LogP contribution >= 0.6 is 11.3 Å². The van der Waals surface area contributed by atoms with Crippen molar-refractivity contribution in [2.45, 2.75) is 0 Å². The molecule has 1 heterocycles. The van der Waals surface area contributed by atoms with Crippen LogP contribution in [0.5, 0.6) is 0 Å². The Labute approximate surface area is 108 Å². The van der Waals surface area contributed by atoms with E-state index in [1.54, 1.807) is 6.07 Å². The highest BCUT2D eigenvalue weighted by atomic mass is 32.1. The second-order valence-corrected chi connectivity index (χ2v) is 5.08. The summed E-state index contributed by atoms with van der Waals surface area (Å²) in [4.78, 5) is 12.3. The van der Waals surface area contributed by atoms with Crippen LogP contribution in [0.2, 0.25) is 0 Å². The topological polar surface area (TPSA) is 37.3 Å². The lowest BCUT2D eigenvalue weighted by Crippen LogP contribution is -1.89. The highest BCUT2D eigenvalue weighted by Crippen LogP contribution is 2.33. The minimum Gasteiger partial charge on any atom is -0.477 e. The second kappa shape index (κ2) is 4.27. The molecule has 1 aromatic heterocycles. The van der Waals surface area contributed by atoms with Crippen LogP contribution in [0.25, 0.3) is 21.2 Å². The summed E-state index contributed by atoms with van der Waals surface area (Å²) < 4.78 is 0. The van der Waals surface area contributed by atoms with Crippen molar-refractivity contribution in [2.75, 3.05) is 0 Å². The maximum absolute atomic E-state index is 10.9. The Hall–Kier alpha value is -2.13. The molecule has 18 heavy (non-hydrogen) atoms. The number of hydrogen-bond donors (Lipinski definition) is 1. The minimum absolute atomic E-state index is 0.373. The molecular weight excluding hydrogens is 244 g/mol. The van der Waals surface area contributed by atoms with Gasteiger partial charge in [-0.1, -0.05) is 42.5 Å². The summed E-state index contributed by atoms with van der Waals surface area (Å²) in [5.74, 6) is -0.869. The predicted octanol–water partition coefficient (Wildman–Crippen LogP) is 4.27. The zero-order valence-corrected chi connectivity index (χ0v) is 10.3. The molecule has 0 unspecified atom stereocenters. The van der Waals surface area contributed by atoms with Gasteiger partial charge in [-0.15, -0.1) is 11.3 Å². The van der Waals surface area contributed by atoms with Crippen LogP contribution in [0.15, 0.2) is 54.6 Å². The molecule has 0 fully saturated rings. The van der Waals surface area contributed by atoms with Crippen molar-refractivity contribution in [3.05, 3.63) is 59.5 Å². The molecule has 3 rings (SSSR count). The number of carbonyl (C=O) groups is 1. The summed E-state index contributed by atoms with van der Waals surface area (Å²) in [7, 11) is 0. The number of hydrogen-bond acceptors (Lipinski definition) is 2. The average Bonchev–Trinajstić information content (AvgIpc) is 2.87. The van der Waals surface area contributed by atoms with Gasteiger partial charge < -0.3 is 5.11 Å². The van der Waals surface area contributed by atoms with Gasteiger partial charge in [0.1, 0.15) is 4.88 Å². The fraction of sp³-hybridized carbons (Fsp3) is 0. The van der Waals surface area contributed by atoms with E-state index >= 15 is 0 Å². The van der Waals surface area contributed by atoms with Crippen LogP contribution in [-0.2, 0) is 0 Å². The first kappa shape index (κ1) is 11.0. The van der Waals surface area contributed by atoms with Gasteiger partial charge in [0, 0.05) is 4.88 Å². The third kappa shape index (κ3) is 1.79. The third-order valence-corrected chi connectivity index (χ3v) is 3.98. The summed E-state index contributed by atoms with van der Waals surface area (Å²) in [6.07, 6.45) is 0. The van der Waals surface area contributed by atoms with E-state index in [1.165, 1.54) is 16.7 Å². The lowest BCUT2D eigenvalue weighted by atomic mass is 10.0. The van der Waals surface area contributed by atoms with Crippen molar-refractivity contribution < 1.29 is 9.90 Å². The number of thiophene rings is 1. The molecule has 0 saturated carbocycles. The van der Waals surface area contributed by atoms with Gasteiger partial charge in [-0.05, 0) is 28.5 Å². The molecule has 2 aromatic carbocycles. The number of benzene rings is 2. The first-order valence-corrected chi connectivity index (χ1v) is 6.38. The SMILES string of the molecule is O=C(O)c1ccc(-c2cccc3ccccc23)s1. The van der Waals surface area contributed by atoms with Gasteiger partial charge in [0.2, 0.25) is 0 Å². The zero-order valence-electron chi connectivity index (χ0n) is 9.46. The van der Waals surface area contributed by atoms with Crippen molar-refractivity contribution in [1.82, 2.24) is 0 Å². The number of carboxylic acid groups (broad SMARTS) is 1. The Morgan fingerprint density at radius 3 is 2.50 bits per heavy atom. The van der Waals surface area contributed by atoms with Gasteiger partial charge in [0.05, 0.1) is 0 Å². The fourth-order valence-electron chi connectivity index (χ4n) is 2.04. The Morgan fingerprint density at radius 2 is 1.72 bits per heavy atom. The normalized spacial score (nSPS) is 10.7. The summed E-state index contributed by atoms with van der Waals surface area (Å²) in [6.45, 7) is 0. The van der Waals surface area contributed by atoms with Gasteiger partial charge in [-0.3, -0.25) is 0 Å². The highest BCUT2D eigenvalue weighted by molar-refractivity contribution is 7.17. The molecule has 0 amide bonds. The quantitative estimate of drug-likeness (QED) is 0.741. The Morgan fingerprint density at radius 1 is 0.944 bits per heavy atom. The van der Waals surface area contributed by atoms with Crippen LogP contribution in [-0.4, -0.2) is 11.1 Å². The third-order valence-electron chi connectivity index (χ3n) is 2.87. The molecule has 1 N–H and O–H groups in total. The van der Waals surface area contributed by atoms with Crippen molar-refractivity contribution in [2.24, 2.45) is 0 Å². The largest absolute Gasteiger partial charge is 0.477 e. The van der Waals surface area contributed by atoms with E-state index in [1.807, 2.05) is 30.3 Å². The van der Waals surface area contributed by atoms with Crippen molar-refractivity contribution in [3.63, 3.8) is 0 Å². The van der Waals surface area contributed by atoms with Crippen LogP contribution in [0.3, 0.4) is 0 Å². The molecule has 0 aliphatic heterocycles. The Bertz CT molecular complexity index is 723. The average molecular weight is 254 g/mol. The molecule has 2 nitrogen and oxygen atoms in total. The molecule has 0 radical (unpaired) electrons. The van der Waals surface area contributed by atoms with Crippen molar-refractivity contribution in [3.8, 4) is 10.4 Å². The zero-order chi connectivity index (χ0) is 12.5. The Kier molecular flexibility index (Phi) is 2.61. The van der Waals surface area contributed by atoms with Crippen molar-refractivity contribution in [1.29, 1.82) is 0 Å². The fourth-order valence-corrected chi connectivity index (χ4v) is 2.92. The monoisotopic (exact) mass is 254 g/mol. The van der Waals surface area contributed by atoms with Gasteiger partial charge >= 0.3 is 5.97 Å². The smallest absolute Gasteiger partial charge is 0.345 e. The van der Waals surface area contributed by atoms with E-state index in [2.05, 4.69) is 18.2 Å². The van der Waals surface area contributed by atoms with E-state index < -0.39 is 5.97 Å². The molecule has 0 atom stereocenters. The first-order valence-electron chi connectivity index (χ1n) is 5.57. The van der Waals surface area contributed by atoms with E-state index in [0.717, 1.165) is 15.8 Å². The minimum atomic E-state index is -0.869. The van der Waals surface area contributed by atoms with Gasteiger partial charge in [0.25, 0.3) is 0 Å². The molecule has 3 heteroatoms. The molecule has 0 bridgehead atoms.